The van der Waals surface area contributed by atoms with Gasteiger partial charge in [-0.2, -0.15) is 0 Å². The number of nitrogens with one attached hydrogen (secondary N) is 1. The first-order valence-corrected chi connectivity index (χ1v) is 6.95. The zero-order chi connectivity index (χ0) is 14.0. The standard InChI is InChI=1S/C14H17ClN2O2/c1-3-16(4-2)7-8-17-12-6-5-10(15)9-11(12)13(18)14(17)19/h5-6,9H,3-4,7-8H2,1-2H3/p+1. The fourth-order valence-corrected chi connectivity index (χ4v) is 2.54. The number of carbonyl (C=O) groups is 2. The summed E-state index contributed by atoms with van der Waals surface area (Å²) in [5.41, 5.74) is 1.11. The molecule has 0 saturated heterocycles. The van der Waals surface area contributed by atoms with Crippen LogP contribution >= 0.6 is 11.6 Å². The van der Waals surface area contributed by atoms with E-state index in [1.54, 1.807) is 23.1 Å². The van der Waals surface area contributed by atoms with Gasteiger partial charge in [0.05, 0.1) is 37.4 Å². The first kappa shape index (κ1) is 14.0. The highest BCUT2D eigenvalue weighted by atomic mass is 35.5. The largest absolute Gasteiger partial charge is 0.334 e. The molecule has 0 radical (unpaired) electrons. The van der Waals surface area contributed by atoms with Crippen LogP contribution in [0.25, 0.3) is 0 Å². The molecule has 1 aliphatic heterocycles. The quantitative estimate of drug-likeness (QED) is 0.811. The van der Waals surface area contributed by atoms with Crippen LogP contribution in [0, 0.1) is 0 Å². The maximum Gasteiger partial charge on any atom is 0.299 e. The number of fused-ring (bicyclic) bond motifs is 1. The Morgan fingerprint density at radius 2 is 1.89 bits per heavy atom. The van der Waals surface area contributed by atoms with Gasteiger partial charge in [0, 0.05) is 5.02 Å². The van der Waals surface area contributed by atoms with Gasteiger partial charge in [0.2, 0.25) is 0 Å². The van der Waals surface area contributed by atoms with E-state index < -0.39 is 11.7 Å². The second kappa shape index (κ2) is 5.72. The van der Waals surface area contributed by atoms with Crippen molar-refractivity contribution in [3.63, 3.8) is 0 Å². The van der Waals surface area contributed by atoms with Crippen LogP contribution in [0.1, 0.15) is 24.2 Å². The first-order chi connectivity index (χ1) is 9.08. The molecule has 0 bridgehead atoms. The highest BCUT2D eigenvalue weighted by Crippen LogP contribution is 2.30. The summed E-state index contributed by atoms with van der Waals surface area (Å²) in [6, 6.07) is 5.03. The number of hydrogen-bond acceptors (Lipinski definition) is 2. The number of amides is 1. The number of benzene rings is 1. The molecule has 0 aliphatic carbocycles. The molecule has 0 atom stereocenters. The molecule has 1 aliphatic rings. The van der Waals surface area contributed by atoms with E-state index in [2.05, 4.69) is 13.8 Å². The molecule has 19 heavy (non-hydrogen) atoms. The van der Waals surface area contributed by atoms with Gasteiger partial charge in [-0.3, -0.25) is 14.5 Å². The predicted molar refractivity (Wildman–Crippen MR) is 75.0 cm³/mol. The number of carbonyl (C=O) groups excluding carboxylic acids is 2. The molecule has 2 rings (SSSR count). The fraction of sp³-hybridized carbons (Fsp3) is 0.429. The lowest BCUT2D eigenvalue weighted by Crippen LogP contribution is -3.12. The number of anilines is 1. The van der Waals surface area contributed by atoms with Gasteiger partial charge in [0.25, 0.3) is 11.7 Å². The van der Waals surface area contributed by atoms with Crippen molar-refractivity contribution in [2.45, 2.75) is 13.8 Å². The second-order valence-corrected chi connectivity index (χ2v) is 5.09. The van der Waals surface area contributed by atoms with Crippen LogP contribution < -0.4 is 9.80 Å². The lowest BCUT2D eigenvalue weighted by Gasteiger charge is -2.20. The molecule has 0 unspecified atom stereocenters. The van der Waals surface area contributed by atoms with Gasteiger partial charge in [-0.15, -0.1) is 0 Å². The van der Waals surface area contributed by atoms with Crippen LogP contribution in [0.5, 0.6) is 0 Å². The van der Waals surface area contributed by atoms with E-state index in [9.17, 15) is 9.59 Å². The Bertz CT molecular complexity index is 512. The summed E-state index contributed by atoms with van der Waals surface area (Å²) < 4.78 is 0. The third kappa shape index (κ3) is 2.65. The Morgan fingerprint density at radius 3 is 2.53 bits per heavy atom. The minimum atomic E-state index is -0.452. The van der Waals surface area contributed by atoms with Crippen molar-refractivity contribution >= 4 is 29.0 Å². The monoisotopic (exact) mass is 281 g/mol. The van der Waals surface area contributed by atoms with Gasteiger partial charge in [0.1, 0.15) is 0 Å². The first-order valence-electron chi connectivity index (χ1n) is 6.57. The number of ketones is 1. The maximum absolute atomic E-state index is 12.0. The summed E-state index contributed by atoms with van der Waals surface area (Å²) >= 11 is 5.87. The lowest BCUT2D eigenvalue weighted by atomic mass is 10.1. The summed E-state index contributed by atoms with van der Waals surface area (Å²) in [5.74, 6) is -0.893. The highest BCUT2D eigenvalue weighted by Gasteiger charge is 2.36. The van der Waals surface area contributed by atoms with E-state index >= 15 is 0 Å². The smallest absolute Gasteiger partial charge is 0.299 e. The molecule has 0 spiro atoms. The van der Waals surface area contributed by atoms with E-state index in [1.807, 2.05) is 0 Å². The number of Topliss-reactive ketones (excluding diaryl/α,β-unsaturated/α-hetero) is 1. The van der Waals surface area contributed by atoms with Crippen molar-refractivity contribution in [1.82, 2.24) is 0 Å². The van der Waals surface area contributed by atoms with Gasteiger partial charge < -0.3 is 4.90 Å². The SMILES string of the molecule is CC[NH+](CC)CCN1C(=O)C(=O)c2cc(Cl)ccc21. The third-order valence-electron chi connectivity index (χ3n) is 3.62. The van der Waals surface area contributed by atoms with E-state index in [0.717, 1.165) is 19.6 Å². The van der Waals surface area contributed by atoms with Crippen molar-refractivity contribution in [2.75, 3.05) is 31.1 Å². The average Bonchev–Trinajstić information content (AvgIpc) is 2.64. The molecule has 0 saturated carbocycles. The number of quaternary nitrogens is 1. The van der Waals surface area contributed by atoms with Crippen molar-refractivity contribution in [2.24, 2.45) is 0 Å². The number of likely N-dealkylation sites (N-methyl/N-ethyl adjacent to an activating group) is 1. The predicted octanol–water partition coefficient (Wildman–Crippen LogP) is 0.794. The molecule has 0 aromatic heterocycles. The number of nitrogens with zero attached hydrogens (tertiary/aromatic N) is 1. The van der Waals surface area contributed by atoms with Gasteiger partial charge in [0.15, 0.2) is 0 Å². The molecule has 5 heteroatoms. The minimum absolute atomic E-state index is 0.423. The second-order valence-electron chi connectivity index (χ2n) is 4.65. The molecule has 1 N–H and O–H groups in total. The summed E-state index contributed by atoms with van der Waals surface area (Å²) in [7, 11) is 0. The number of halogens is 1. The van der Waals surface area contributed by atoms with Crippen molar-refractivity contribution in [1.29, 1.82) is 0 Å². The fourth-order valence-electron chi connectivity index (χ4n) is 2.37. The van der Waals surface area contributed by atoms with Crippen molar-refractivity contribution in [3.05, 3.63) is 28.8 Å². The number of rotatable bonds is 5. The van der Waals surface area contributed by atoms with Crippen LogP contribution in [0.2, 0.25) is 5.02 Å². The Kier molecular flexibility index (Phi) is 4.22. The van der Waals surface area contributed by atoms with Crippen molar-refractivity contribution < 1.29 is 14.5 Å². The lowest BCUT2D eigenvalue weighted by molar-refractivity contribution is -0.894. The molecular formula is C14H18ClN2O2+. The molecule has 1 amide bonds. The van der Waals surface area contributed by atoms with Crippen LogP contribution in [0.3, 0.4) is 0 Å². The Hall–Kier alpha value is -1.39. The normalized spacial score (nSPS) is 14.4. The molecule has 1 aromatic carbocycles. The molecule has 1 aromatic rings. The Balaban J connectivity index is 2.19. The van der Waals surface area contributed by atoms with E-state index in [1.165, 1.54) is 4.90 Å². The van der Waals surface area contributed by atoms with Gasteiger partial charge in [-0.05, 0) is 32.0 Å². The summed E-state index contributed by atoms with van der Waals surface area (Å²) in [5, 5.41) is 0.483. The third-order valence-corrected chi connectivity index (χ3v) is 3.86. The molecular weight excluding hydrogens is 264 g/mol. The topological polar surface area (TPSA) is 41.8 Å². The molecule has 0 fully saturated rings. The van der Waals surface area contributed by atoms with Crippen LogP contribution in [-0.4, -0.2) is 37.9 Å². The van der Waals surface area contributed by atoms with E-state index in [-0.39, 0.29) is 0 Å². The van der Waals surface area contributed by atoms with E-state index in [0.29, 0.717) is 22.8 Å². The molecule has 1 heterocycles. The van der Waals surface area contributed by atoms with Crippen molar-refractivity contribution in [3.8, 4) is 0 Å². The summed E-state index contributed by atoms with van der Waals surface area (Å²) in [6.45, 7) is 7.66. The van der Waals surface area contributed by atoms with Gasteiger partial charge in [-0.25, -0.2) is 0 Å². The zero-order valence-electron chi connectivity index (χ0n) is 11.2. The zero-order valence-corrected chi connectivity index (χ0v) is 12.0. The molecule has 4 nitrogen and oxygen atoms in total. The van der Waals surface area contributed by atoms with Gasteiger partial charge >= 0.3 is 0 Å². The Labute approximate surface area is 117 Å². The van der Waals surface area contributed by atoms with Crippen LogP contribution in [-0.2, 0) is 4.79 Å². The minimum Gasteiger partial charge on any atom is -0.334 e. The maximum atomic E-state index is 12.0. The van der Waals surface area contributed by atoms with Crippen LogP contribution in [0.15, 0.2) is 18.2 Å². The number of hydrogen-bond donors (Lipinski definition) is 1. The van der Waals surface area contributed by atoms with Crippen LogP contribution in [0.4, 0.5) is 5.69 Å². The van der Waals surface area contributed by atoms with E-state index in [4.69, 9.17) is 11.6 Å². The average molecular weight is 282 g/mol. The summed E-state index contributed by atoms with van der Waals surface area (Å²) in [6.07, 6.45) is 0. The summed E-state index contributed by atoms with van der Waals surface area (Å²) in [4.78, 5) is 26.8. The highest BCUT2D eigenvalue weighted by molar-refractivity contribution is 6.52. The molecule has 102 valence electrons. The van der Waals surface area contributed by atoms with Gasteiger partial charge in [-0.1, -0.05) is 11.6 Å². The Morgan fingerprint density at radius 1 is 1.21 bits per heavy atom.